The van der Waals surface area contributed by atoms with Crippen LogP contribution in [0.2, 0.25) is 0 Å². The van der Waals surface area contributed by atoms with Gasteiger partial charge in [-0.1, -0.05) is 0 Å². The second-order valence-corrected chi connectivity index (χ2v) is 6.58. The fraction of sp³-hybridized carbons (Fsp3) is 0.562. The molecule has 180 valence electrons. The van der Waals surface area contributed by atoms with E-state index in [2.05, 4.69) is 10.6 Å². The Balaban J connectivity index is 5.55. The van der Waals surface area contributed by atoms with Gasteiger partial charge in [0.05, 0.1) is 19.4 Å². The maximum atomic E-state index is 12.6. The van der Waals surface area contributed by atoms with Crippen LogP contribution in [0.15, 0.2) is 0 Å². The summed E-state index contributed by atoms with van der Waals surface area (Å²) >= 11 is 0. The van der Waals surface area contributed by atoms with Crippen LogP contribution in [0.1, 0.15) is 25.7 Å². The van der Waals surface area contributed by atoms with Crippen LogP contribution in [0, 0.1) is 0 Å². The number of nitrogens with two attached hydrogens (primary N) is 3. The van der Waals surface area contributed by atoms with Crippen LogP contribution >= 0.6 is 0 Å². The molecule has 4 unspecified atom stereocenters. The number of carbonyl (C=O) groups excluding carboxylic acids is 5. The van der Waals surface area contributed by atoms with E-state index in [1.165, 1.54) is 0 Å². The second-order valence-electron chi connectivity index (χ2n) is 6.58. The first kappa shape index (κ1) is 28.2. The standard InChI is InChI=1S/C16H26N6O10/c17-6(5-23)13(28)20-7(1-2-10(18)24)14(29)21-8(3-11(19)25)15(30)22-9(16(31)32)4-12(26)27/h6-9,23H,1-5,17H2,(H2,18,24)(H2,19,25)(H,20,28)(H,21,29)(H,22,30)(H,26,27)(H,31,32). The van der Waals surface area contributed by atoms with Gasteiger partial charge < -0.3 is 48.5 Å². The molecule has 4 atom stereocenters. The molecule has 0 aromatic carbocycles. The molecule has 0 spiro atoms. The Bertz CT molecular complexity index is 758. The average Bonchev–Trinajstić information content (AvgIpc) is 2.67. The van der Waals surface area contributed by atoms with E-state index < -0.39 is 85.1 Å². The first-order chi connectivity index (χ1) is 14.8. The molecule has 0 rings (SSSR count). The van der Waals surface area contributed by atoms with E-state index in [-0.39, 0.29) is 12.8 Å². The Hall–Kier alpha value is -3.79. The number of hydrogen-bond acceptors (Lipinski definition) is 9. The number of carbonyl (C=O) groups is 7. The summed E-state index contributed by atoms with van der Waals surface area (Å²) in [4.78, 5) is 81.0. The Morgan fingerprint density at radius 1 is 0.719 bits per heavy atom. The van der Waals surface area contributed by atoms with Crippen LogP contribution in [0.5, 0.6) is 0 Å². The molecule has 32 heavy (non-hydrogen) atoms. The molecule has 16 nitrogen and oxygen atoms in total. The monoisotopic (exact) mass is 462 g/mol. The van der Waals surface area contributed by atoms with Crippen molar-refractivity contribution in [1.29, 1.82) is 0 Å². The third kappa shape index (κ3) is 10.8. The fourth-order valence-corrected chi connectivity index (χ4v) is 2.25. The molecule has 0 saturated carbocycles. The molecule has 0 aromatic rings. The number of amides is 5. The minimum atomic E-state index is -1.87. The van der Waals surface area contributed by atoms with Gasteiger partial charge in [-0.25, -0.2) is 4.79 Å². The largest absolute Gasteiger partial charge is 0.481 e. The van der Waals surface area contributed by atoms with Gasteiger partial charge in [0.15, 0.2) is 0 Å². The highest BCUT2D eigenvalue weighted by molar-refractivity contribution is 5.96. The van der Waals surface area contributed by atoms with Crippen molar-refractivity contribution >= 4 is 41.5 Å². The number of aliphatic hydroxyl groups is 1. The molecular formula is C16H26N6O10. The Labute approximate surface area is 180 Å². The van der Waals surface area contributed by atoms with E-state index in [4.69, 9.17) is 32.5 Å². The molecule has 16 heteroatoms. The molecule has 0 saturated heterocycles. The Morgan fingerprint density at radius 3 is 1.66 bits per heavy atom. The van der Waals surface area contributed by atoms with Crippen LogP contribution in [0.4, 0.5) is 0 Å². The van der Waals surface area contributed by atoms with Crippen LogP contribution in [0.25, 0.3) is 0 Å². The lowest BCUT2D eigenvalue weighted by Crippen LogP contribution is -2.58. The zero-order chi connectivity index (χ0) is 25.0. The Kier molecular flexibility index (Phi) is 11.9. The number of hydrogen-bond donors (Lipinski definition) is 9. The average molecular weight is 462 g/mol. The van der Waals surface area contributed by atoms with Gasteiger partial charge in [-0.2, -0.15) is 0 Å². The molecule has 0 aromatic heterocycles. The van der Waals surface area contributed by atoms with Crippen molar-refractivity contribution in [2.45, 2.75) is 49.9 Å². The number of carboxylic acids is 2. The fourth-order valence-electron chi connectivity index (χ4n) is 2.25. The van der Waals surface area contributed by atoms with Gasteiger partial charge in [-0.15, -0.1) is 0 Å². The van der Waals surface area contributed by atoms with Crippen molar-refractivity contribution in [3.05, 3.63) is 0 Å². The lowest BCUT2D eigenvalue weighted by molar-refractivity contribution is -0.147. The van der Waals surface area contributed by atoms with Crippen molar-refractivity contribution in [3.8, 4) is 0 Å². The number of primary amides is 2. The number of rotatable bonds is 15. The second kappa shape index (κ2) is 13.5. The van der Waals surface area contributed by atoms with Crippen LogP contribution in [-0.4, -0.2) is 87.6 Å². The van der Waals surface area contributed by atoms with Gasteiger partial charge in [0, 0.05) is 6.42 Å². The number of nitrogens with one attached hydrogen (secondary N) is 3. The van der Waals surface area contributed by atoms with Gasteiger partial charge in [0.2, 0.25) is 29.5 Å². The summed E-state index contributed by atoms with van der Waals surface area (Å²) in [5.41, 5.74) is 15.4. The maximum absolute atomic E-state index is 12.6. The Morgan fingerprint density at radius 2 is 1.22 bits per heavy atom. The predicted molar refractivity (Wildman–Crippen MR) is 103 cm³/mol. The van der Waals surface area contributed by atoms with Crippen LogP contribution < -0.4 is 33.2 Å². The van der Waals surface area contributed by atoms with Crippen molar-refractivity contribution in [1.82, 2.24) is 16.0 Å². The smallest absolute Gasteiger partial charge is 0.326 e. The van der Waals surface area contributed by atoms with Gasteiger partial charge in [-0.3, -0.25) is 28.8 Å². The SMILES string of the molecule is NC(=O)CCC(NC(=O)C(N)CO)C(=O)NC(CC(N)=O)C(=O)NC(CC(=O)O)C(=O)O. The molecule has 0 heterocycles. The van der Waals surface area contributed by atoms with Gasteiger partial charge >= 0.3 is 11.9 Å². The lowest BCUT2D eigenvalue weighted by atomic mass is 10.1. The molecule has 0 fully saturated rings. The van der Waals surface area contributed by atoms with Gasteiger partial charge in [-0.05, 0) is 6.42 Å². The van der Waals surface area contributed by atoms with E-state index in [9.17, 15) is 33.6 Å². The third-order valence-electron chi connectivity index (χ3n) is 3.88. The predicted octanol–water partition coefficient (Wildman–Crippen LogP) is -5.54. The molecule has 5 amide bonds. The van der Waals surface area contributed by atoms with E-state index in [0.717, 1.165) is 0 Å². The summed E-state index contributed by atoms with van der Waals surface area (Å²) in [6.45, 7) is -0.761. The van der Waals surface area contributed by atoms with Gasteiger partial charge in [0.25, 0.3) is 0 Å². The molecule has 0 bridgehead atoms. The van der Waals surface area contributed by atoms with Crippen molar-refractivity contribution in [3.63, 3.8) is 0 Å². The van der Waals surface area contributed by atoms with E-state index >= 15 is 0 Å². The van der Waals surface area contributed by atoms with Crippen molar-refractivity contribution in [2.75, 3.05) is 6.61 Å². The summed E-state index contributed by atoms with van der Waals surface area (Å²) < 4.78 is 0. The highest BCUT2D eigenvalue weighted by atomic mass is 16.4. The topological polar surface area (TPSA) is 294 Å². The molecule has 12 N–H and O–H groups in total. The molecule has 0 aliphatic heterocycles. The number of carboxylic acid groups (broad SMARTS) is 2. The van der Waals surface area contributed by atoms with Crippen molar-refractivity contribution < 1.29 is 48.9 Å². The van der Waals surface area contributed by atoms with E-state index in [1.807, 2.05) is 5.32 Å². The highest BCUT2D eigenvalue weighted by Crippen LogP contribution is 2.03. The van der Waals surface area contributed by atoms with Gasteiger partial charge in [0.1, 0.15) is 24.2 Å². The quantitative estimate of drug-likeness (QED) is 0.110. The molecule has 0 aliphatic rings. The highest BCUT2D eigenvalue weighted by Gasteiger charge is 2.32. The number of aliphatic hydroxyl groups excluding tert-OH is 1. The van der Waals surface area contributed by atoms with Crippen LogP contribution in [0.3, 0.4) is 0 Å². The zero-order valence-corrected chi connectivity index (χ0v) is 16.8. The summed E-state index contributed by atoms with van der Waals surface area (Å²) in [5, 5.41) is 32.8. The normalized spacial score (nSPS) is 14.2. The lowest BCUT2D eigenvalue weighted by Gasteiger charge is -2.24. The molecular weight excluding hydrogens is 436 g/mol. The third-order valence-corrected chi connectivity index (χ3v) is 3.88. The summed E-state index contributed by atoms with van der Waals surface area (Å²) in [5.74, 6) is -8.42. The maximum Gasteiger partial charge on any atom is 0.326 e. The number of aliphatic carboxylic acids is 2. The summed E-state index contributed by atoms with van der Waals surface area (Å²) in [6.07, 6.45) is -2.51. The van der Waals surface area contributed by atoms with Crippen LogP contribution in [-0.2, 0) is 33.6 Å². The zero-order valence-electron chi connectivity index (χ0n) is 16.8. The summed E-state index contributed by atoms with van der Waals surface area (Å²) in [6, 6.07) is -6.50. The van der Waals surface area contributed by atoms with Crippen molar-refractivity contribution in [2.24, 2.45) is 17.2 Å². The first-order valence-corrected chi connectivity index (χ1v) is 9.07. The first-order valence-electron chi connectivity index (χ1n) is 9.07. The minimum Gasteiger partial charge on any atom is -0.481 e. The molecule has 0 aliphatic carbocycles. The molecule has 0 radical (unpaired) electrons. The van der Waals surface area contributed by atoms with E-state index in [1.54, 1.807) is 0 Å². The minimum absolute atomic E-state index is 0.341. The van der Waals surface area contributed by atoms with E-state index in [0.29, 0.717) is 0 Å². The summed E-state index contributed by atoms with van der Waals surface area (Å²) in [7, 11) is 0.